The second-order valence-electron chi connectivity index (χ2n) is 3.75. The fourth-order valence-electron chi connectivity index (χ4n) is 1.21. The third-order valence-corrected chi connectivity index (χ3v) is 2.45. The number of methoxy groups -OCH3 is 1. The molecule has 1 nitrogen and oxygen atoms in total. The van der Waals surface area contributed by atoms with Crippen LogP contribution in [0, 0.1) is 5.92 Å². The van der Waals surface area contributed by atoms with Gasteiger partial charge in [0.15, 0.2) is 0 Å². The van der Waals surface area contributed by atoms with E-state index in [1.807, 2.05) is 0 Å². The van der Waals surface area contributed by atoms with Crippen molar-refractivity contribution in [3.8, 4) is 0 Å². The molecular weight excluding hydrogens is 204 g/mol. The molecule has 0 aromatic heterocycles. The van der Waals surface area contributed by atoms with E-state index >= 15 is 0 Å². The topological polar surface area (TPSA) is 9.23 Å². The zero-order valence-corrected chi connectivity index (χ0v) is 9.57. The van der Waals surface area contributed by atoms with E-state index in [9.17, 15) is 0 Å². The number of rotatable bonds is 5. The van der Waals surface area contributed by atoms with E-state index in [2.05, 4.69) is 36.7 Å². The Morgan fingerprint density at radius 3 is 2.36 bits per heavy atom. The molecule has 0 aliphatic heterocycles. The van der Waals surface area contributed by atoms with Gasteiger partial charge in [-0.15, -0.1) is 0 Å². The fraction of sp³-hybridized carbons (Fsp3) is 1.00. The van der Waals surface area contributed by atoms with Crippen LogP contribution in [0.4, 0.5) is 0 Å². The average molecular weight is 223 g/mol. The minimum absolute atomic E-state index is 0.0432. The lowest BCUT2D eigenvalue weighted by Crippen LogP contribution is -2.25. The van der Waals surface area contributed by atoms with Crippen molar-refractivity contribution in [1.29, 1.82) is 0 Å². The molecule has 1 unspecified atom stereocenters. The molecule has 2 heteroatoms. The maximum atomic E-state index is 5.34. The summed E-state index contributed by atoms with van der Waals surface area (Å²) in [5, 5.41) is 1.09. The van der Waals surface area contributed by atoms with Gasteiger partial charge >= 0.3 is 0 Å². The summed E-state index contributed by atoms with van der Waals surface area (Å²) in [6.07, 6.45) is 2.36. The van der Waals surface area contributed by atoms with Crippen molar-refractivity contribution in [1.82, 2.24) is 0 Å². The maximum Gasteiger partial charge on any atom is 0.0625 e. The van der Waals surface area contributed by atoms with E-state index in [-0.39, 0.29) is 5.60 Å². The predicted molar refractivity (Wildman–Crippen MR) is 53.3 cm³/mol. The Balaban J connectivity index is 3.64. The Kier molecular flexibility index (Phi) is 5.36. The van der Waals surface area contributed by atoms with E-state index in [0.717, 1.165) is 17.7 Å². The summed E-state index contributed by atoms with van der Waals surface area (Å²) in [7, 11) is 1.78. The number of hydrogen-bond donors (Lipinski definition) is 0. The first kappa shape index (κ1) is 11.4. The van der Waals surface area contributed by atoms with Crippen LogP contribution in [0.1, 0.15) is 33.6 Å². The molecule has 0 heterocycles. The van der Waals surface area contributed by atoms with Crippen LogP contribution in [0.25, 0.3) is 0 Å². The highest BCUT2D eigenvalue weighted by atomic mass is 79.9. The lowest BCUT2D eigenvalue weighted by atomic mass is 9.93. The zero-order valence-electron chi connectivity index (χ0n) is 7.98. The maximum absolute atomic E-state index is 5.34. The van der Waals surface area contributed by atoms with E-state index in [0.29, 0.717) is 0 Å². The van der Waals surface area contributed by atoms with Gasteiger partial charge in [-0.25, -0.2) is 0 Å². The number of alkyl halides is 1. The van der Waals surface area contributed by atoms with Crippen LogP contribution in [-0.2, 0) is 4.74 Å². The molecule has 68 valence electrons. The largest absolute Gasteiger partial charge is 0.379 e. The minimum Gasteiger partial charge on any atom is -0.379 e. The van der Waals surface area contributed by atoms with Crippen molar-refractivity contribution in [3.05, 3.63) is 0 Å². The van der Waals surface area contributed by atoms with Gasteiger partial charge in [-0.05, 0) is 32.6 Å². The van der Waals surface area contributed by atoms with Crippen molar-refractivity contribution >= 4 is 15.9 Å². The summed E-state index contributed by atoms with van der Waals surface area (Å²) in [5.74, 6) is 0.740. The summed E-state index contributed by atoms with van der Waals surface area (Å²) < 4.78 is 5.34. The molecule has 0 aliphatic carbocycles. The average Bonchev–Trinajstić information content (AvgIpc) is 1.87. The molecule has 11 heavy (non-hydrogen) atoms. The second-order valence-corrected chi connectivity index (χ2v) is 4.54. The van der Waals surface area contributed by atoms with Crippen LogP contribution in [0.3, 0.4) is 0 Å². The molecule has 0 fully saturated rings. The molecule has 0 aromatic rings. The van der Waals surface area contributed by atoms with Gasteiger partial charge < -0.3 is 4.74 Å². The van der Waals surface area contributed by atoms with Crippen molar-refractivity contribution in [2.75, 3.05) is 12.4 Å². The van der Waals surface area contributed by atoms with E-state index in [1.54, 1.807) is 7.11 Å². The molecule has 0 saturated carbocycles. The summed E-state index contributed by atoms with van der Waals surface area (Å²) in [6.45, 7) is 6.54. The third-order valence-electron chi connectivity index (χ3n) is 1.99. The zero-order chi connectivity index (χ0) is 8.91. The van der Waals surface area contributed by atoms with E-state index < -0.39 is 0 Å². The summed E-state index contributed by atoms with van der Waals surface area (Å²) in [4.78, 5) is 0. The Labute approximate surface area is 78.6 Å². The molecule has 0 aromatic carbocycles. The molecule has 0 N–H and O–H groups in total. The molecule has 0 bridgehead atoms. The highest BCUT2D eigenvalue weighted by molar-refractivity contribution is 9.09. The van der Waals surface area contributed by atoms with Crippen molar-refractivity contribution in [2.45, 2.75) is 39.2 Å². The molecule has 0 aliphatic rings. The highest BCUT2D eigenvalue weighted by Gasteiger charge is 2.19. The molecular formula is C9H19BrO. The van der Waals surface area contributed by atoms with Crippen molar-refractivity contribution in [2.24, 2.45) is 5.92 Å². The highest BCUT2D eigenvalue weighted by Crippen LogP contribution is 2.21. The molecule has 1 atom stereocenters. The van der Waals surface area contributed by atoms with Gasteiger partial charge in [-0.1, -0.05) is 22.9 Å². The monoisotopic (exact) mass is 222 g/mol. The fourth-order valence-corrected chi connectivity index (χ4v) is 1.99. The van der Waals surface area contributed by atoms with E-state index in [1.165, 1.54) is 6.42 Å². The second kappa shape index (κ2) is 5.15. The first-order valence-corrected chi connectivity index (χ1v) is 5.25. The number of hydrogen-bond acceptors (Lipinski definition) is 1. The van der Waals surface area contributed by atoms with Crippen LogP contribution in [-0.4, -0.2) is 18.0 Å². The van der Waals surface area contributed by atoms with Gasteiger partial charge in [-0.3, -0.25) is 0 Å². The Morgan fingerprint density at radius 2 is 2.00 bits per heavy atom. The number of halogens is 1. The lowest BCUT2D eigenvalue weighted by molar-refractivity contribution is 0.00365. The van der Waals surface area contributed by atoms with Gasteiger partial charge in [0, 0.05) is 12.4 Å². The smallest absolute Gasteiger partial charge is 0.0625 e. The summed E-state index contributed by atoms with van der Waals surface area (Å²) >= 11 is 3.44. The Hall–Kier alpha value is 0.440. The normalized spacial score (nSPS) is 15.0. The van der Waals surface area contributed by atoms with Crippen LogP contribution < -0.4 is 0 Å². The summed E-state index contributed by atoms with van der Waals surface area (Å²) in [6, 6.07) is 0. The van der Waals surface area contributed by atoms with Crippen LogP contribution in [0.5, 0.6) is 0 Å². The van der Waals surface area contributed by atoms with Crippen LogP contribution in [0.15, 0.2) is 0 Å². The summed E-state index contributed by atoms with van der Waals surface area (Å²) in [5.41, 5.74) is 0.0432. The van der Waals surface area contributed by atoms with Gasteiger partial charge in [0.2, 0.25) is 0 Å². The quantitative estimate of drug-likeness (QED) is 0.650. The third kappa shape index (κ3) is 5.68. The lowest BCUT2D eigenvalue weighted by Gasteiger charge is -2.26. The van der Waals surface area contributed by atoms with Crippen LogP contribution in [0.2, 0.25) is 0 Å². The Bertz CT molecular complexity index is 102. The van der Waals surface area contributed by atoms with Crippen molar-refractivity contribution in [3.63, 3.8) is 0 Å². The Morgan fingerprint density at radius 1 is 1.45 bits per heavy atom. The van der Waals surface area contributed by atoms with Gasteiger partial charge in [-0.2, -0.15) is 0 Å². The standard InChI is InChI=1S/C9H19BrO/c1-8(5-6-10)7-9(2,3)11-4/h8H,5-7H2,1-4H3. The van der Waals surface area contributed by atoms with Crippen LogP contribution >= 0.6 is 15.9 Å². The van der Waals surface area contributed by atoms with Gasteiger partial charge in [0.05, 0.1) is 5.60 Å². The van der Waals surface area contributed by atoms with Crippen molar-refractivity contribution < 1.29 is 4.74 Å². The molecule has 0 saturated heterocycles. The molecule has 0 spiro atoms. The van der Waals surface area contributed by atoms with Gasteiger partial charge in [0.1, 0.15) is 0 Å². The first-order chi connectivity index (χ1) is 5.02. The minimum atomic E-state index is 0.0432. The van der Waals surface area contributed by atoms with E-state index in [4.69, 9.17) is 4.74 Å². The van der Waals surface area contributed by atoms with Gasteiger partial charge in [0.25, 0.3) is 0 Å². The predicted octanol–water partition coefficient (Wildman–Crippen LogP) is 3.22. The molecule has 0 rings (SSSR count). The first-order valence-electron chi connectivity index (χ1n) is 4.13. The molecule has 0 radical (unpaired) electrons. The molecule has 0 amide bonds. The number of ether oxygens (including phenoxy) is 1. The SMILES string of the molecule is COC(C)(C)CC(C)CCBr.